The molecule has 6 nitrogen and oxygen atoms in total. The molecule has 136 valence electrons. The van der Waals surface area contributed by atoms with Gasteiger partial charge < -0.3 is 10.6 Å². The molecule has 0 atom stereocenters. The van der Waals surface area contributed by atoms with Crippen LogP contribution in [0.25, 0.3) is 0 Å². The molecule has 3 aromatic rings. The van der Waals surface area contributed by atoms with Gasteiger partial charge in [-0.3, -0.25) is 14.9 Å². The molecular weight excluding hydrogens is 342 g/mol. The van der Waals surface area contributed by atoms with E-state index in [0.29, 0.717) is 12.1 Å². The zero-order valence-electron chi connectivity index (χ0n) is 14.6. The van der Waals surface area contributed by atoms with Crippen molar-refractivity contribution in [1.82, 2.24) is 0 Å². The Labute approximate surface area is 157 Å². The molecule has 0 saturated heterocycles. The highest BCUT2D eigenvalue weighted by atomic mass is 16.6. The maximum absolute atomic E-state index is 12.1. The van der Waals surface area contributed by atoms with E-state index in [1.54, 1.807) is 12.1 Å². The van der Waals surface area contributed by atoms with Crippen molar-refractivity contribution in [2.45, 2.75) is 12.8 Å². The lowest BCUT2D eigenvalue weighted by Crippen LogP contribution is -2.12. The average molecular weight is 361 g/mol. The molecule has 3 aromatic carbocycles. The lowest BCUT2D eigenvalue weighted by molar-refractivity contribution is -0.384. The second-order valence-corrected chi connectivity index (χ2v) is 6.04. The fourth-order valence-electron chi connectivity index (χ4n) is 2.63. The molecule has 0 aliphatic rings. The molecule has 0 bridgehead atoms. The molecule has 1 amide bonds. The number of rotatable bonds is 7. The van der Waals surface area contributed by atoms with Crippen molar-refractivity contribution in [3.8, 4) is 0 Å². The number of carbonyl (C=O) groups excluding carboxylic acids is 1. The van der Waals surface area contributed by atoms with Gasteiger partial charge in [-0.2, -0.15) is 0 Å². The third-order valence-electron chi connectivity index (χ3n) is 3.99. The van der Waals surface area contributed by atoms with Crippen molar-refractivity contribution in [1.29, 1.82) is 0 Å². The number of nitrogens with zero attached hydrogens (tertiary/aromatic N) is 1. The Morgan fingerprint density at radius 1 is 0.852 bits per heavy atom. The van der Waals surface area contributed by atoms with Crippen molar-refractivity contribution in [3.63, 3.8) is 0 Å². The summed E-state index contributed by atoms with van der Waals surface area (Å²) >= 11 is 0. The van der Waals surface area contributed by atoms with Gasteiger partial charge in [0, 0.05) is 35.6 Å². The number of benzene rings is 3. The molecule has 0 spiro atoms. The van der Waals surface area contributed by atoms with Crippen molar-refractivity contribution in [2.24, 2.45) is 0 Å². The van der Waals surface area contributed by atoms with Gasteiger partial charge in [-0.05, 0) is 48.4 Å². The second-order valence-electron chi connectivity index (χ2n) is 6.04. The monoisotopic (exact) mass is 361 g/mol. The number of non-ortho nitro benzene ring substituents is 1. The Morgan fingerprint density at radius 2 is 1.52 bits per heavy atom. The normalized spacial score (nSPS) is 10.2. The molecule has 0 radical (unpaired) electrons. The topological polar surface area (TPSA) is 84.3 Å². The van der Waals surface area contributed by atoms with Crippen LogP contribution in [0.15, 0.2) is 78.9 Å². The first-order chi connectivity index (χ1) is 13.1. The van der Waals surface area contributed by atoms with Gasteiger partial charge in [-0.1, -0.05) is 30.3 Å². The largest absolute Gasteiger partial charge is 0.356 e. The zero-order chi connectivity index (χ0) is 19.1. The third-order valence-corrected chi connectivity index (χ3v) is 3.99. The summed E-state index contributed by atoms with van der Waals surface area (Å²) in [7, 11) is 0. The summed E-state index contributed by atoms with van der Waals surface area (Å²) in [6.45, 7) is 0. The Bertz CT molecular complexity index is 925. The number of hydrogen-bond donors (Lipinski definition) is 2. The highest BCUT2D eigenvalue weighted by molar-refractivity contribution is 5.91. The summed E-state index contributed by atoms with van der Waals surface area (Å²) in [5, 5.41) is 16.9. The molecule has 0 saturated carbocycles. The van der Waals surface area contributed by atoms with Gasteiger partial charge in [-0.15, -0.1) is 0 Å². The zero-order valence-corrected chi connectivity index (χ0v) is 14.6. The summed E-state index contributed by atoms with van der Waals surface area (Å²) in [5.41, 5.74) is 3.43. The average Bonchev–Trinajstić information content (AvgIpc) is 2.69. The van der Waals surface area contributed by atoms with Crippen LogP contribution in [0.4, 0.5) is 22.7 Å². The summed E-state index contributed by atoms with van der Waals surface area (Å²) in [6.07, 6.45) is 0.701. The summed E-state index contributed by atoms with van der Waals surface area (Å²) in [6, 6.07) is 23.6. The lowest BCUT2D eigenvalue weighted by atomic mass is 10.1. The molecule has 6 heteroatoms. The Morgan fingerprint density at radius 3 is 2.22 bits per heavy atom. The number of nitro benzene ring substituents is 1. The van der Waals surface area contributed by atoms with E-state index in [-0.39, 0.29) is 18.0 Å². The Hall–Kier alpha value is -3.67. The Kier molecular flexibility index (Phi) is 5.79. The van der Waals surface area contributed by atoms with Gasteiger partial charge in [-0.25, -0.2) is 0 Å². The number of nitro groups is 1. The highest BCUT2D eigenvalue weighted by Gasteiger charge is 2.08. The molecule has 0 aromatic heterocycles. The van der Waals surface area contributed by atoms with Crippen molar-refractivity contribution >= 4 is 28.7 Å². The molecule has 27 heavy (non-hydrogen) atoms. The van der Waals surface area contributed by atoms with Crippen LogP contribution in [0.1, 0.15) is 12.0 Å². The summed E-state index contributed by atoms with van der Waals surface area (Å²) in [5.74, 6) is -0.134. The van der Waals surface area contributed by atoms with E-state index in [2.05, 4.69) is 10.6 Å². The van der Waals surface area contributed by atoms with E-state index in [4.69, 9.17) is 0 Å². The van der Waals surface area contributed by atoms with Crippen LogP contribution in [0, 0.1) is 10.1 Å². The first-order valence-corrected chi connectivity index (χ1v) is 8.55. The van der Waals surface area contributed by atoms with Crippen LogP contribution in [0.3, 0.4) is 0 Å². The maximum Gasteiger partial charge on any atom is 0.269 e. The molecule has 0 aliphatic heterocycles. The molecule has 0 unspecified atom stereocenters. The fourth-order valence-corrected chi connectivity index (χ4v) is 2.63. The van der Waals surface area contributed by atoms with Gasteiger partial charge >= 0.3 is 0 Å². The van der Waals surface area contributed by atoms with Gasteiger partial charge in [0.25, 0.3) is 5.69 Å². The van der Waals surface area contributed by atoms with E-state index in [1.807, 2.05) is 54.6 Å². The predicted molar refractivity (Wildman–Crippen MR) is 106 cm³/mol. The first kappa shape index (κ1) is 18.1. The third kappa shape index (κ3) is 5.40. The van der Waals surface area contributed by atoms with Crippen LogP contribution < -0.4 is 10.6 Å². The minimum atomic E-state index is -0.436. The van der Waals surface area contributed by atoms with Crippen LogP contribution >= 0.6 is 0 Å². The maximum atomic E-state index is 12.1. The smallest absolute Gasteiger partial charge is 0.269 e. The van der Waals surface area contributed by atoms with Crippen LogP contribution in [-0.4, -0.2) is 10.8 Å². The van der Waals surface area contributed by atoms with Crippen molar-refractivity contribution in [2.75, 3.05) is 10.6 Å². The van der Waals surface area contributed by atoms with E-state index in [0.717, 1.165) is 16.9 Å². The quantitative estimate of drug-likeness (QED) is 0.462. The van der Waals surface area contributed by atoms with Gasteiger partial charge in [0.1, 0.15) is 0 Å². The molecule has 0 heterocycles. The molecule has 2 N–H and O–H groups in total. The Balaban J connectivity index is 1.52. The fraction of sp³-hybridized carbons (Fsp3) is 0.0952. The van der Waals surface area contributed by atoms with E-state index in [9.17, 15) is 14.9 Å². The number of anilines is 3. The number of aryl methyl sites for hydroxylation is 1. The summed E-state index contributed by atoms with van der Waals surface area (Å²) in [4.78, 5) is 22.5. The summed E-state index contributed by atoms with van der Waals surface area (Å²) < 4.78 is 0. The number of nitrogens with one attached hydrogen (secondary N) is 2. The lowest BCUT2D eigenvalue weighted by Gasteiger charge is -2.09. The van der Waals surface area contributed by atoms with Crippen LogP contribution in [0.2, 0.25) is 0 Å². The second kappa shape index (κ2) is 8.62. The van der Waals surface area contributed by atoms with Crippen molar-refractivity contribution < 1.29 is 9.72 Å². The number of carbonyl (C=O) groups is 1. The van der Waals surface area contributed by atoms with Gasteiger partial charge in [0.05, 0.1) is 4.92 Å². The predicted octanol–water partition coefficient (Wildman–Crippen LogP) is 4.91. The molecule has 0 fully saturated rings. The number of para-hydroxylation sites is 1. The molecule has 3 rings (SSSR count). The van der Waals surface area contributed by atoms with E-state index >= 15 is 0 Å². The van der Waals surface area contributed by atoms with Crippen molar-refractivity contribution in [3.05, 3.63) is 94.5 Å². The minimum Gasteiger partial charge on any atom is -0.356 e. The highest BCUT2D eigenvalue weighted by Crippen LogP contribution is 2.19. The molecule has 0 aliphatic carbocycles. The minimum absolute atomic E-state index is 0.0365. The van der Waals surface area contributed by atoms with Gasteiger partial charge in [0.2, 0.25) is 5.91 Å². The van der Waals surface area contributed by atoms with E-state index in [1.165, 1.54) is 12.1 Å². The standard InChI is InChI=1S/C21H19N3O3/c25-21(14-9-16-5-4-8-20(15-16)24(26)27)23-19-12-10-18(11-13-19)22-17-6-2-1-3-7-17/h1-8,10-13,15,22H,9,14H2,(H,23,25). The number of hydrogen-bond acceptors (Lipinski definition) is 4. The van der Waals surface area contributed by atoms with Crippen LogP contribution in [0.5, 0.6) is 0 Å². The van der Waals surface area contributed by atoms with Crippen LogP contribution in [-0.2, 0) is 11.2 Å². The van der Waals surface area contributed by atoms with E-state index < -0.39 is 4.92 Å². The van der Waals surface area contributed by atoms with Gasteiger partial charge in [0.15, 0.2) is 0 Å². The SMILES string of the molecule is O=C(CCc1cccc([N+](=O)[O-])c1)Nc1ccc(Nc2ccccc2)cc1. The number of amides is 1. The molecular formula is C21H19N3O3. The first-order valence-electron chi connectivity index (χ1n) is 8.55.